The van der Waals surface area contributed by atoms with Gasteiger partial charge >= 0.3 is 0 Å². The van der Waals surface area contributed by atoms with Crippen LogP contribution in [0.15, 0.2) is 47.0 Å². The molecule has 1 rings (SSSR count). The molecule has 0 heterocycles. The second kappa shape index (κ2) is 5.42. The molecule has 0 fully saturated rings. The molecule has 0 amide bonds. The highest BCUT2D eigenvalue weighted by Crippen LogP contribution is 2.17. The molecule has 0 aliphatic heterocycles. The Morgan fingerprint density at radius 1 is 1.14 bits per heavy atom. The maximum atomic E-state index is 2.41. The summed E-state index contributed by atoms with van der Waals surface area (Å²) in [5, 5.41) is 0. The summed E-state index contributed by atoms with van der Waals surface area (Å²) in [6.07, 6.45) is 2.31. The Morgan fingerprint density at radius 3 is 2.36 bits per heavy atom. The van der Waals surface area contributed by atoms with Gasteiger partial charge in [0.15, 0.2) is 0 Å². The lowest BCUT2D eigenvalue weighted by Crippen LogP contribution is -2.15. The highest BCUT2D eigenvalue weighted by Gasteiger charge is 2.05. The molecule has 76 valence electrons. The molecule has 0 unspecified atom stereocenters. The van der Waals surface area contributed by atoms with Crippen molar-refractivity contribution in [2.24, 2.45) is 0 Å². The van der Waals surface area contributed by atoms with Crippen LogP contribution in [0, 0.1) is 0 Å². The van der Waals surface area contributed by atoms with E-state index in [1.807, 2.05) is 11.8 Å². The minimum Gasteiger partial charge on any atom is -0.122 e. The zero-order valence-corrected chi connectivity index (χ0v) is 11.0. The van der Waals surface area contributed by atoms with Crippen LogP contribution in [0.1, 0.15) is 0 Å². The van der Waals surface area contributed by atoms with Crippen LogP contribution in [0.4, 0.5) is 0 Å². The van der Waals surface area contributed by atoms with Crippen LogP contribution in [0.3, 0.4) is 0 Å². The van der Waals surface area contributed by atoms with Crippen LogP contribution in [-0.4, -0.2) is 13.8 Å². The Labute approximate surface area is 92.4 Å². The molecule has 0 N–H and O–H groups in total. The average molecular weight is 222 g/mol. The summed E-state index contributed by atoms with van der Waals surface area (Å²) in [6, 6.07) is 10.6. The molecule has 0 saturated carbocycles. The van der Waals surface area contributed by atoms with E-state index in [0.29, 0.717) is 0 Å². The van der Waals surface area contributed by atoms with Crippen LogP contribution in [0.5, 0.6) is 0 Å². The van der Waals surface area contributed by atoms with Crippen molar-refractivity contribution in [1.29, 1.82) is 0 Å². The van der Waals surface area contributed by atoms with Gasteiger partial charge in [-0.2, -0.15) is 0 Å². The van der Waals surface area contributed by atoms with Gasteiger partial charge in [0.2, 0.25) is 0 Å². The third kappa shape index (κ3) is 5.30. The summed E-state index contributed by atoms with van der Waals surface area (Å²) in [5.74, 6) is 1.09. The molecule has 0 aliphatic rings. The Hall–Kier alpha value is -0.473. The van der Waals surface area contributed by atoms with Gasteiger partial charge in [0.25, 0.3) is 0 Å². The van der Waals surface area contributed by atoms with Gasteiger partial charge in [-0.25, -0.2) is 0 Å². The first-order valence-electron chi connectivity index (χ1n) is 4.93. The van der Waals surface area contributed by atoms with E-state index in [0.717, 1.165) is 5.75 Å². The second-order valence-corrected chi connectivity index (χ2v) is 10.6. The molecule has 0 saturated heterocycles. The summed E-state index contributed by atoms with van der Waals surface area (Å²) < 4.78 is 0. The first-order chi connectivity index (χ1) is 6.58. The first-order valence-corrected chi connectivity index (χ1v) is 9.50. The van der Waals surface area contributed by atoms with Gasteiger partial charge in [0.05, 0.1) is 8.07 Å². The van der Waals surface area contributed by atoms with E-state index in [4.69, 9.17) is 0 Å². The summed E-state index contributed by atoms with van der Waals surface area (Å²) in [5.41, 5.74) is 2.41. The van der Waals surface area contributed by atoms with Crippen LogP contribution >= 0.6 is 11.8 Å². The molecule has 0 aromatic heterocycles. The summed E-state index contributed by atoms with van der Waals surface area (Å²) in [6.45, 7) is 7.07. The molecule has 0 nitrogen and oxygen atoms in total. The van der Waals surface area contributed by atoms with E-state index in [1.54, 1.807) is 0 Å². The fourth-order valence-corrected chi connectivity index (χ4v) is 2.79. The van der Waals surface area contributed by atoms with Gasteiger partial charge in [-0.1, -0.05) is 49.6 Å². The predicted octanol–water partition coefficient (Wildman–Crippen LogP) is 4.21. The van der Waals surface area contributed by atoms with E-state index in [-0.39, 0.29) is 0 Å². The molecule has 0 spiro atoms. The van der Waals surface area contributed by atoms with Gasteiger partial charge in [-0.15, -0.1) is 11.8 Å². The lowest BCUT2D eigenvalue weighted by Gasteiger charge is -2.07. The van der Waals surface area contributed by atoms with Crippen LogP contribution < -0.4 is 0 Å². The third-order valence-electron chi connectivity index (χ3n) is 1.71. The minimum absolute atomic E-state index is 0.989. The van der Waals surface area contributed by atoms with Crippen molar-refractivity contribution < 1.29 is 0 Å². The van der Waals surface area contributed by atoms with Crippen molar-refractivity contribution in [3.8, 4) is 0 Å². The van der Waals surface area contributed by atoms with Crippen LogP contribution in [0.2, 0.25) is 19.6 Å². The molecule has 1 aromatic rings. The van der Waals surface area contributed by atoms with Crippen molar-refractivity contribution in [1.82, 2.24) is 0 Å². The van der Waals surface area contributed by atoms with Gasteiger partial charge in [0.1, 0.15) is 0 Å². The van der Waals surface area contributed by atoms with E-state index in [9.17, 15) is 0 Å². The first kappa shape index (κ1) is 11.6. The lowest BCUT2D eigenvalue weighted by molar-refractivity contribution is 1.46. The van der Waals surface area contributed by atoms with Gasteiger partial charge in [-0.05, 0) is 12.1 Å². The summed E-state index contributed by atoms with van der Waals surface area (Å²) in [4.78, 5) is 1.35. The highest BCUT2D eigenvalue weighted by atomic mass is 32.2. The van der Waals surface area contributed by atoms with Gasteiger partial charge in [0, 0.05) is 10.6 Å². The zero-order valence-electron chi connectivity index (χ0n) is 9.16. The number of hydrogen-bond acceptors (Lipinski definition) is 1. The van der Waals surface area contributed by atoms with Crippen molar-refractivity contribution >= 4 is 19.8 Å². The Morgan fingerprint density at radius 2 is 1.79 bits per heavy atom. The van der Waals surface area contributed by atoms with Crippen LogP contribution in [-0.2, 0) is 0 Å². The molecule has 0 aliphatic carbocycles. The minimum atomic E-state index is -0.989. The van der Waals surface area contributed by atoms with Crippen molar-refractivity contribution in [2.45, 2.75) is 24.5 Å². The highest BCUT2D eigenvalue weighted by molar-refractivity contribution is 7.99. The molecule has 2 heteroatoms. The Balaban J connectivity index is 2.33. The Kier molecular flexibility index (Phi) is 4.49. The van der Waals surface area contributed by atoms with E-state index in [1.165, 1.54) is 4.90 Å². The lowest BCUT2D eigenvalue weighted by atomic mass is 10.4. The molecular weight excluding hydrogens is 204 g/mol. The molecule has 14 heavy (non-hydrogen) atoms. The fraction of sp³-hybridized carbons (Fsp3) is 0.333. The monoisotopic (exact) mass is 222 g/mol. The maximum absolute atomic E-state index is 2.41. The van der Waals surface area contributed by atoms with E-state index >= 15 is 0 Å². The van der Waals surface area contributed by atoms with Gasteiger partial charge < -0.3 is 0 Å². The zero-order chi connectivity index (χ0) is 10.4. The topological polar surface area (TPSA) is 0 Å². The normalized spacial score (nSPS) is 12.2. The number of hydrogen-bond donors (Lipinski definition) is 0. The standard InChI is InChI=1S/C12H18SSi/c1-14(2,3)11-7-10-13-12-8-5-4-6-9-12/h4-9,11H,10H2,1-3H3/b11-7+. The number of benzene rings is 1. The molecule has 0 atom stereocenters. The SMILES string of the molecule is C[Si](C)(C)/C=C/CSc1ccccc1. The molecule has 1 aromatic carbocycles. The van der Waals surface area contributed by atoms with Crippen molar-refractivity contribution in [3.63, 3.8) is 0 Å². The maximum Gasteiger partial charge on any atom is 0.0683 e. The van der Waals surface area contributed by atoms with Crippen molar-refractivity contribution in [3.05, 3.63) is 42.1 Å². The molecule has 0 radical (unpaired) electrons. The van der Waals surface area contributed by atoms with Crippen molar-refractivity contribution in [2.75, 3.05) is 5.75 Å². The quantitative estimate of drug-likeness (QED) is 0.543. The third-order valence-corrected chi connectivity index (χ3v) is 3.91. The van der Waals surface area contributed by atoms with E-state index < -0.39 is 8.07 Å². The molecule has 0 bridgehead atoms. The molecular formula is C12H18SSi. The fourth-order valence-electron chi connectivity index (χ4n) is 1.06. The number of thioether (sulfide) groups is 1. The second-order valence-electron chi connectivity index (χ2n) is 4.39. The largest absolute Gasteiger partial charge is 0.122 e. The average Bonchev–Trinajstić information content (AvgIpc) is 2.13. The van der Waals surface area contributed by atoms with E-state index in [2.05, 4.69) is 61.7 Å². The Bertz CT molecular complexity index is 285. The van der Waals surface area contributed by atoms with Gasteiger partial charge in [-0.3, -0.25) is 0 Å². The summed E-state index contributed by atoms with van der Waals surface area (Å²) >= 11 is 1.90. The predicted molar refractivity (Wildman–Crippen MR) is 69.7 cm³/mol. The smallest absolute Gasteiger partial charge is 0.0683 e. The van der Waals surface area contributed by atoms with Crippen LogP contribution in [0.25, 0.3) is 0 Å². The number of rotatable bonds is 4. The summed E-state index contributed by atoms with van der Waals surface area (Å²) in [7, 11) is -0.989.